The first-order valence-electron chi connectivity index (χ1n) is 5.54. The predicted octanol–water partition coefficient (Wildman–Crippen LogP) is 3.49. The van der Waals surface area contributed by atoms with E-state index in [0.29, 0.717) is 0 Å². The Bertz CT molecular complexity index is 468. The molecule has 5 heteroatoms. The average Bonchev–Trinajstić information content (AvgIpc) is 2.24. The van der Waals surface area contributed by atoms with Gasteiger partial charge in [0.2, 0.25) is 0 Å². The highest BCUT2D eigenvalue weighted by Crippen LogP contribution is 2.25. The van der Waals surface area contributed by atoms with Crippen molar-refractivity contribution in [2.24, 2.45) is 0 Å². The van der Waals surface area contributed by atoms with Gasteiger partial charge in [0.15, 0.2) is 0 Å². The zero-order valence-corrected chi connectivity index (χ0v) is 11.8. The van der Waals surface area contributed by atoms with Gasteiger partial charge in [-0.1, -0.05) is 19.1 Å². The van der Waals surface area contributed by atoms with Crippen LogP contribution >= 0.6 is 10.7 Å². The van der Waals surface area contributed by atoms with Crippen LogP contribution in [0.4, 0.5) is 0 Å². The molecule has 0 saturated carbocycles. The Labute approximate surface area is 107 Å². The molecule has 0 aliphatic heterocycles. The first-order chi connectivity index (χ1) is 7.84. The third-order valence-electron chi connectivity index (χ3n) is 2.32. The molecule has 0 unspecified atom stereocenters. The molecule has 0 aliphatic rings. The van der Waals surface area contributed by atoms with Crippen molar-refractivity contribution in [2.75, 3.05) is 0 Å². The summed E-state index contributed by atoms with van der Waals surface area (Å²) in [4.78, 5) is 0.113. The Morgan fingerprint density at radius 3 is 2.47 bits per heavy atom. The van der Waals surface area contributed by atoms with Crippen LogP contribution in [-0.2, 0) is 13.8 Å². The van der Waals surface area contributed by atoms with Crippen molar-refractivity contribution in [2.45, 2.75) is 44.3 Å². The molecular formula is C12H17ClO3S. The quantitative estimate of drug-likeness (QED) is 0.773. The van der Waals surface area contributed by atoms with Crippen molar-refractivity contribution in [3.63, 3.8) is 0 Å². The smallest absolute Gasteiger partial charge is 0.261 e. The Morgan fingerprint density at radius 2 is 2.00 bits per heavy atom. The Morgan fingerprint density at radius 1 is 1.35 bits per heavy atom. The van der Waals surface area contributed by atoms with Crippen LogP contribution in [0.15, 0.2) is 29.2 Å². The monoisotopic (exact) mass is 276 g/mol. The third-order valence-corrected chi connectivity index (χ3v) is 3.67. The highest BCUT2D eigenvalue weighted by atomic mass is 35.7. The lowest BCUT2D eigenvalue weighted by Gasteiger charge is -2.19. The molecule has 0 fully saturated rings. The van der Waals surface area contributed by atoms with Crippen LogP contribution in [0.1, 0.15) is 38.9 Å². The standard InChI is InChI=1S/C12H17ClO3S/c1-4-12(16-9(2)3)10-6-5-7-11(8-10)17(13,14)15/h5-9,12H,4H2,1-3H3/t12-/m1/s1. The molecule has 1 aromatic rings. The van der Waals surface area contributed by atoms with Gasteiger partial charge >= 0.3 is 0 Å². The number of benzene rings is 1. The van der Waals surface area contributed by atoms with E-state index in [4.69, 9.17) is 15.4 Å². The fourth-order valence-electron chi connectivity index (χ4n) is 1.61. The van der Waals surface area contributed by atoms with E-state index in [9.17, 15) is 8.42 Å². The summed E-state index contributed by atoms with van der Waals surface area (Å²) in [7, 11) is 1.64. The molecule has 3 nitrogen and oxygen atoms in total. The molecule has 0 saturated heterocycles. The SMILES string of the molecule is CC[C@@H](OC(C)C)c1cccc(S(=O)(=O)Cl)c1. The molecule has 0 N–H and O–H groups in total. The maximum absolute atomic E-state index is 11.2. The Balaban J connectivity index is 3.05. The van der Waals surface area contributed by atoms with Gasteiger partial charge in [0.1, 0.15) is 0 Å². The van der Waals surface area contributed by atoms with Gasteiger partial charge in [-0.25, -0.2) is 8.42 Å². The van der Waals surface area contributed by atoms with Gasteiger partial charge in [0.05, 0.1) is 17.1 Å². The number of ether oxygens (including phenoxy) is 1. The highest BCUT2D eigenvalue weighted by molar-refractivity contribution is 8.13. The molecular weight excluding hydrogens is 260 g/mol. The second-order valence-corrected chi connectivity index (χ2v) is 6.66. The van der Waals surface area contributed by atoms with Gasteiger partial charge in [-0.2, -0.15) is 0 Å². The zero-order valence-electron chi connectivity index (χ0n) is 10.2. The lowest BCUT2D eigenvalue weighted by Crippen LogP contribution is -2.10. The van der Waals surface area contributed by atoms with Gasteiger partial charge in [0, 0.05) is 10.7 Å². The summed E-state index contributed by atoms with van der Waals surface area (Å²) < 4.78 is 28.2. The van der Waals surface area contributed by atoms with E-state index >= 15 is 0 Å². The molecule has 17 heavy (non-hydrogen) atoms. The van der Waals surface area contributed by atoms with Crippen molar-refractivity contribution in [3.8, 4) is 0 Å². The molecule has 0 spiro atoms. The van der Waals surface area contributed by atoms with Crippen molar-refractivity contribution in [3.05, 3.63) is 29.8 Å². The minimum atomic E-state index is -3.68. The topological polar surface area (TPSA) is 43.4 Å². The summed E-state index contributed by atoms with van der Waals surface area (Å²) in [5.41, 5.74) is 0.836. The van der Waals surface area contributed by atoms with Crippen LogP contribution < -0.4 is 0 Å². The van der Waals surface area contributed by atoms with Gasteiger partial charge in [-0.15, -0.1) is 0 Å². The second-order valence-electron chi connectivity index (χ2n) is 4.09. The van der Waals surface area contributed by atoms with E-state index in [-0.39, 0.29) is 17.1 Å². The number of rotatable bonds is 5. The second kappa shape index (κ2) is 5.85. The Kier molecular flexibility index (Phi) is 4.98. The van der Waals surface area contributed by atoms with Crippen LogP contribution in [0.5, 0.6) is 0 Å². The summed E-state index contributed by atoms with van der Waals surface area (Å²) in [6.45, 7) is 5.89. The molecule has 0 heterocycles. The maximum Gasteiger partial charge on any atom is 0.261 e. The van der Waals surface area contributed by atoms with Crippen LogP contribution in [0.25, 0.3) is 0 Å². The third kappa shape index (κ3) is 4.30. The molecule has 1 atom stereocenters. The minimum absolute atomic E-state index is 0.0937. The summed E-state index contributed by atoms with van der Waals surface area (Å²) in [6.07, 6.45) is 0.772. The number of hydrogen-bond acceptors (Lipinski definition) is 3. The first-order valence-corrected chi connectivity index (χ1v) is 7.85. The normalized spacial score (nSPS) is 13.9. The van der Waals surface area contributed by atoms with E-state index in [1.807, 2.05) is 26.8 Å². The van der Waals surface area contributed by atoms with Gasteiger partial charge in [-0.3, -0.25) is 0 Å². The largest absolute Gasteiger partial charge is 0.371 e. The molecule has 0 aliphatic carbocycles. The van der Waals surface area contributed by atoms with Gasteiger partial charge in [-0.05, 0) is 38.0 Å². The summed E-state index contributed by atoms with van der Waals surface area (Å²) in [5, 5.41) is 0. The molecule has 1 aromatic carbocycles. The number of hydrogen-bond donors (Lipinski definition) is 0. The predicted molar refractivity (Wildman–Crippen MR) is 68.7 cm³/mol. The van der Waals surface area contributed by atoms with E-state index in [1.165, 1.54) is 6.07 Å². The van der Waals surface area contributed by atoms with Crippen molar-refractivity contribution in [1.29, 1.82) is 0 Å². The molecule has 0 amide bonds. The van der Waals surface area contributed by atoms with Crippen molar-refractivity contribution >= 4 is 19.7 Å². The maximum atomic E-state index is 11.2. The fraction of sp³-hybridized carbons (Fsp3) is 0.500. The first kappa shape index (κ1) is 14.5. The average molecular weight is 277 g/mol. The van der Waals surface area contributed by atoms with Gasteiger partial charge < -0.3 is 4.74 Å². The van der Waals surface area contributed by atoms with Gasteiger partial charge in [0.25, 0.3) is 9.05 Å². The number of halogens is 1. The molecule has 1 rings (SSSR count). The molecule has 96 valence electrons. The Hall–Kier alpha value is -0.580. The lowest BCUT2D eigenvalue weighted by molar-refractivity contribution is 0.00437. The minimum Gasteiger partial charge on any atom is -0.371 e. The van der Waals surface area contributed by atoms with E-state index in [0.717, 1.165) is 12.0 Å². The van der Waals surface area contributed by atoms with E-state index < -0.39 is 9.05 Å². The van der Waals surface area contributed by atoms with E-state index in [2.05, 4.69) is 0 Å². The van der Waals surface area contributed by atoms with Crippen LogP contribution in [0.3, 0.4) is 0 Å². The van der Waals surface area contributed by atoms with Crippen LogP contribution in [-0.4, -0.2) is 14.5 Å². The van der Waals surface area contributed by atoms with E-state index in [1.54, 1.807) is 12.1 Å². The zero-order chi connectivity index (χ0) is 13.1. The van der Waals surface area contributed by atoms with Crippen molar-refractivity contribution in [1.82, 2.24) is 0 Å². The van der Waals surface area contributed by atoms with Crippen LogP contribution in [0, 0.1) is 0 Å². The summed E-state index contributed by atoms with van der Waals surface area (Å²) in [6, 6.07) is 6.58. The fourth-order valence-corrected chi connectivity index (χ4v) is 2.41. The highest BCUT2D eigenvalue weighted by Gasteiger charge is 2.15. The summed E-state index contributed by atoms with van der Waals surface area (Å²) in [5.74, 6) is 0. The van der Waals surface area contributed by atoms with Crippen molar-refractivity contribution < 1.29 is 13.2 Å². The molecule has 0 bridgehead atoms. The summed E-state index contributed by atoms with van der Waals surface area (Å²) >= 11 is 0. The van der Waals surface area contributed by atoms with Crippen LogP contribution in [0.2, 0.25) is 0 Å². The molecule has 0 radical (unpaired) electrons. The lowest BCUT2D eigenvalue weighted by atomic mass is 10.1. The molecule has 0 aromatic heterocycles.